The highest BCUT2D eigenvalue weighted by Gasteiger charge is 2.21. The number of methoxy groups -OCH3 is 1. The average molecular weight is 441 g/mol. The van der Waals surface area contributed by atoms with Gasteiger partial charge in [0.2, 0.25) is 10.0 Å². The van der Waals surface area contributed by atoms with E-state index in [1.807, 2.05) is 24.3 Å². The van der Waals surface area contributed by atoms with E-state index in [-0.39, 0.29) is 4.90 Å². The van der Waals surface area contributed by atoms with Crippen LogP contribution in [0, 0.1) is 6.92 Å². The largest absolute Gasteiger partial charge is 0.489 e. The molecule has 1 N–H and O–H groups in total. The van der Waals surface area contributed by atoms with E-state index in [4.69, 9.17) is 4.74 Å². The van der Waals surface area contributed by atoms with E-state index in [1.165, 1.54) is 25.3 Å². The van der Waals surface area contributed by atoms with Gasteiger partial charge in [0.1, 0.15) is 12.4 Å². The van der Waals surface area contributed by atoms with Gasteiger partial charge in [-0.15, -0.1) is 0 Å². The molecule has 0 aliphatic rings. The van der Waals surface area contributed by atoms with Crippen molar-refractivity contribution in [1.29, 1.82) is 0 Å². The number of rotatable bonds is 8. The molecular formula is C23H24N2O5S. The Balaban J connectivity index is 1.67. The Labute approximate surface area is 182 Å². The second-order valence-electron chi connectivity index (χ2n) is 7.03. The van der Waals surface area contributed by atoms with Crippen molar-refractivity contribution in [2.24, 2.45) is 0 Å². The standard InChI is InChI=1S/C23H24N2O5S/c1-16-13-20(23(26)29-3)8-11-22(16)31(27,28)25-17(2)19-6-9-21(10-7-19)30-15-18-5-4-12-24-14-18/h4-14,17,25H,15H2,1-3H3. The molecule has 31 heavy (non-hydrogen) atoms. The lowest BCUT2D eigenvalue weighted by Gasteiger charge is -2.17. The molecule has 1 unspecified atom stereocenters. The molecule has 1 atom stereocenters. The summed E-state index contributed by atoms with van der Waals surface area (Å²) in [5.74, 6) is 0.163. The summed E-state index contributed by atoms with van der Waals surface area (Å²) >= 11 is 0. The Kier molecular flexibility index (Phi) is 7.04. The second kappa shape index (κ2) is 9.72. The van der Waals surface area contributed by atoms with Crippen LogP contribution in [0.25, 0.3) is 0 Å². The number of nitrogens with zero attached hydrogens (tertiary/aromatic N) is 1. The number of carbonyl (C=O) groups is 1. The van der Waals surface area contributed by atoms with Gasteiger partial charge in [-0.2, -0.15) is 0 Å². The summed E-state index contributed by atoms with van der Waals surface area (Å²) in [5.41, 5.74) is 2.51. The van der Waals surface area contributed by atoms with E-state index >= 15 is 0 Å². The Morgan fingerprint density at radius 3 is 2.48 bits per heavy atom. The summed E-state index contributed by atoms with van der Waals surface area (Å²) in [5, 5.41) is 0. The van der Waals surface area contributed by atoms with Gasteiger partial charge < -0.3 is 9.47 Å². The molecule has 2 aromatic carbocycles. The number of esters is 1. The maximum absolute atomic E-state index is 12.9. The predicted octanol–water partition coefficient (Wildman–Crippen LogP) is 3.80. The highest BCUT2D eigenvalue weighted by Crippen LogP contribution is 2.23. The fourth-order valence-corrected chi connectivity index (χ4v) is 4.52. The Morgan fingerprint density at radius 1 is 1.13 bits per heavy atom. The van der Waals surface area contributed by atoms with Crippen molar-refractivity contribution in [1.82, 2.24) is 9.71 Å². The molecule has 0 fully saturated rings. The number of hydrogen-bond acceptors (Lipinski definition) is 6. The Morgan fingerprint density at radius 2 is 1.87 bits per heavy atom. The molecule has 0 aliphatic heterocycles. The van der Waals surface area contributed by atoms with Gasteiger partial charge in [-0.25, -0.2) is 17.9 Å². The molecule has 0 saturated carbocycles. The third-order valence-corrected chi connectivity index (χ3v) is 6.43. The van der Waals surface area contributed by atoms with E-state index in [9.17, 15) is 13.2 Å². The zero-order valence-electron chi connectivity index (χ0n) is 17.5. The summed E-state index contributed by atoms with van der Waals surface area (Å²) in [4.78, 5) is 15.8. The second-order valence-corrected chi connectivity index (χ2v) is 8.72. The van der Waals surface area contributed by atoms with E-state index in [1.54, 1.807) is 38.4 Å². The number of pyridine rings is 1. The minimum Gasteiger partial charge on any atom is -0.489 e. The van der Waals surface area contributed by atoms with Crippen LogP contribution in [0.1, 0.15) is 40.0 Å². The van der Waals surface area contributed by atoms with Crippen LogP contribution in [0.15, 0.2) is 71.9 Å². The van der Waals surface area contributed by atoms with Crippen LogP contribution >= 0.6 is 0 Å². The predicted molar refractivity (Wildman–Crippen MR) is 116 cm³/mol. The lowest BCUT2D eigenvalue weighted by Crippen LogP contribution is -2.27. The molecule has 0 radical (unpaired) electrons. The third kappa shape index (κ3) is 5.68. The molecule has 7 nitrogen and oxygen atoms in total. The summed E-state index contributed by atoms with van der Waals surface area (Å²) in [6.45, 7) is 3.80. The van der Waals surface area contributed by atoms with Crippen LogP contribution in [-0.2, 0) is 21.4 Å². The summed E-state index contributed by atoms with van der Waals surface area (Å²) in [6.07, 6.45) is 3.45. The van der Waals surface area contributed by atoms with Crippen molar-refractivity contribution in [2.45, 2.75) is 31.4 Å². The van der Waals surface area contributed by atoms with Gasteiger partial charge in [0.15, 0.2) is 0 Å². The molecule has 0 bridgehead atoms. The van der Waals surface area contributed by atoms with Crippen LogP contribution in [-0.4, -0.2) is 26.5 Å². The normalized spacial score (nSPS) is 12.2. The van der Waals surface area contributed by atoms with Gasteiger partial charge in [0, 0.05) is 24.0 Å². The zero-order valence-corrected chi connectivity index (χ0v) is 18.3. The minimum atomic E-state index is -3.78. The monoisotopic (exact) mass is 440 g/mol. The first-order chi connectivity index (χ1) is 14.8. The number of benzene rings is 2. The lowest BCUT2D eigenvalue weighted by molar-refractivity contribution is 0.0600. The average Bonchev–Trinajstić information content (AvgIpc) is 2.77. The van der Waals surface area contributed by atoms with Crippen LogP contribution in [0.3, 0.4) is 0 Å². The fourth-order valence-electron chi connectivity index (χ4n) is 3.06. The van der Waals surface area contributed by atoms with Crippen LogP contribution < -0.4 is 9.46 Å². The summed E-state index contributed by atoms with van der Waals surface area (Å²) in [7, 11) is -2.51. The quantitative estimate of drug-likeness (QED) is 0.536. The van der Waals surface area contributed by atoms with Crippen molar-refractivity contribution in [3.63, 3.8) is 0 Å². The molecule has 162 valence electrons. The van der Waals surface area contributed by atoms with Crippen molar-refractivity contribution in [3.8, 4) is 5.75 Å². The highest BCUT2D eigenvalue weighted by atomic mass is 32.2. The maximum Gasteiger partial charge on any atom is 0.337 e. The van der Waals surface area contributed by atoms with E-state index in [0.29, 0.717) is 23.5 Å². The van der Waals surface area contributed by atoms with Gasteiger partial charge in [0.05, 0.1) is 17.6 Å². The van der Waals surface area contributed by atoms with Gasteiger partial charge in [-0.1, -0.05) is 18.2 Å². The Hall–Kier alpha value is -3.23. The minimum absolute atomic E-state index is 0.114. The summed E-state index contributed by atoms with van der Waals surface area (Å²) in [6, 6.07) is 14.9. The van der Waals surface area contributed by atoms with E-state index in [0.717, 1.165) is 11.1 Å². The number of carbonyl (C=O) groups excluding carboxylic acids is 1. The molecule has 3 aromatic rings. The maximum atomic E-state index is 12.9. The van der Waals surface area contributed by atoms with E-state index < -0.39 is 22.0 Å². The molecule has 8 heteroatoms. The number of ether oxygens (including phenoxy) is 2. The first kappa shape index (κ1) is 22.5. The fraction of sp³-hybridized carbons (Fsp3) is 0.217. The van der Waals surface area contributed by atoms with Crippen molar-refractivity contribution in [3.05, 3.63) is 89.2 Å². The van der Waals surface area contributed by atoms with Crippen LogP contribution in [0.5, 0.6) is 5.75 Å². The molecule has 0 amide bonds. The highest BCUT2D eigenvalue weighted by molar-refractivity contribution is 7.89. The van der Waals surface area contributed by atoms with Crippen molar-refractivity contribution < 1.29 is 22.7 Å². The number of aromatic nitrogens is 1. The van der Waals surface area contributed by atoms with Gasteiger partial charge in [0.25, 0.3) is 0 Å². The molecular weight excluding hydrogens is 416 g/mol. The lowest BCUT2D eigenvalue weighted by atomic mass is 10.1. The number of sulfonamides is 1. The van der Waals surface area contributed by atoms with Crippen molar-refractivity contribution in [2.75, 3.05) is 7.11 Å². The zero-order chi connectivity index (χ0) is 22.4. The number of hydrogen-bond donors (Lipinski definition) is 1. The topological polar surface area (TPSA) is 94.6 Å². The first-order valence-corrected chi connectivity index (χ1v) is 11.1. The number of nitrogens with one attached hydrogen (secondary N) is 1. The van der Waals surface area contributed by atoms with Crippen molar-refractivity contribution >= 4 is 16.0 Å². The molecule has 0 spiro atoms. The summed E-state index contributed by atoms with van der Waals surface area (Å²) < 4.78 is 38.8. The smallest absolute Gasteiger partial charge is 0.337 e. The van der Waals surface area contributed by atoms with Gasteiger partial charge in [-0.3, -0.25) is 4.98 Å². The molecule has 0 saturated heterocycles. The number of aryl methyl sites for hydroxylation is 1. The van der Waals surface area contributed by atoms with Crippen LogP contribution in [0.4, 0.5) is 0 Å². The molecule has 0 aliphatic carbocycles. The SMILES string of the molecule is COC(=O)c1ccc(S(=O)(=O)NC(C)c2ccc(OCc3cccnc3)cc2)c(C)c1. The van der Waals surface area contributed by atoms with Crippen LogP contribution in [0.2, 0.25) is 0 Å². The Bertz CT molecular complexity index is 1150. The molecule has 1 aromatic heterocycles. The van der Waals surface area contributed by atoms with Gasteiger partial charge >= 0.3 is 5.97 Å². The molecule has 1 heterocycles. The third-order valence-electron chi connectivity index (χ3n) is 4.73. The first-order valence-electron chi connectivity index (χ1n) is 9.63. The van der Waals surface area contributed by atoms with Gasteiger partial charge in [-0.05, 0) is 61.4 Å². The molecule has 3 rings (SSSR count). The van der Waals surface area contributed by atoms with E-state index in [2.05, 4.69) is 14.4 Å².